The summed E-state index contributed by atoms with van der Waals surface area (Å²) in [4.78, 5) is 57.5. The van der Waals surface area contributed by atoms with Gasteiger partial charge in [0.05, 0.1) is 12.3 Å². The molecule has 2 aliphatic heterocycles. The van der Waals surface area contributed by atoms with Crippen LogP contribution in [0.2, 0.25) is 0 Å². The van der Waals surface area contributed by atoms with E-state index >= 15 is 0 Å². The number of rotatable bonds is 5. The third kappa shape index (κ3) is 8.31. The molecule has 2 heterocycles. The Balaban J connectivity index is 1.85. The van der Waals surface area contributed by atoms with E-state index in [2.05, 4.69) is 38.7 Å². The Bertz CT molecular complexity index is 1050. The van der Waals surface area contributed by atoms with Crippen LogP contribution in [0, 0.1) is 0 Å². The predicted molar refractivity (Wildman–Crippen MR) is 145 cm³/mol. The smallest absolute Gasteiger partial charge is 0.254 e. The van der Waals surface area contributed by atoms with E-state index in [0.717, 1.165) is 30.6 Å². The zero-order valence-electron chi connectivity index (χ0n) is 20.8. The van der Waals surface area contributed by atoms with E-state index in [1.165, 1.54) is 6.21 Å². The van der Waals surface area contributed by atoms with Crippen molar-refractivity contribution in [2.24, 2.45) is 15.9 Å². The van der Waals surface area contributed by atoms with Gasteiger partial charge in [0.15, 0.2) is 0 Å². The maximum absolute atomic E-state index is 13.3. The summed E-state index contributed by atoms with van der Waals surface area (Å²) in [7, 11) is 0. The van der Waals surface area contributed by atoms with Crippen LogP contribution in [0.4, 0.5) is 0 Å². The molecule has 37 heavy (non-hydrogen) atoms. The molecule has 1 aromatic carbocycles. The van der Waals surface area contributed by atoms with Gasteiger partial charge in [-0.1, -0.05) is 25.0 Å². The maximum atomic E-state index is 13.3. The third-order valence-corrected chi connectivity index (χ3v) is 6.66. The molecule has 0 aliphatic carbocycles. The van der Waals surface area contributed by atoms with Gasteiger partial charge in [0.2, 0.25) is 17.7 Å². The highest BCUT2D eigenvalue weighted by atomic mass is 32.1. The number of carbonyl (C=O) groups is 4. The maximum Gasteiger partial charge on any atom is 0.254 e. The summed E-state index contributed by atoms with van der Waals surface area (Å²) in [5.41, 5.74) is 1.47. The fourth-order valence-corrected chi connectivity index (χ4v) is 4.58. The highest BCUT2D eigenvalue weighted by Gasteiger charge is 2.36. The van der Waals surface area contributed by atoms with Gasteiger partial charge in [0, 0.05) is 24.9 Å². The fourth-order valence-electron chi connectivity index (χ4n) is 4.35. The number of hydrogen-bond acceptors (Lipinski definition) is 8. The number of aliphatic imine (C=N–C) groups is 1. The zero-order valence-corrected chi connectivity index (χ0v) is 21.7. The second-order valence-electron chi connectivity index (χ2n) is 9.08. The first kappa shape index (κ1) is 28.2. The van der Waals surface area contributed by atoms with Crippen LogP contribution < -0.4 is 21.8 Å². The van der Waals surface area contributed by atoms with Crippen molar-refractivity contribution >= 4 is 48.2 Å². The number of nitrogens with zero attached hydrogens (tertiary/aromatic N) is 3. The largest absolute Gasteiger partial charge is 0.350 e. The fraction of sp³-hybridized carbons (Fsp3) is 0.520. The van der Waals surface area contributed by atoms with E-state index in [1.807, 2.05) is 6.07 Å². The number of carbonyl (C=O) groups excluding carboxylic acids is 4. The quantitative estimate of drug-likeness (QED) is 0.161. The Morgan fingerprint density at radius 3 is 2.70 bits per heavy atom. The lowest BCUT2D eigenvalue weighted by Gasteiger charge is -2.26. The molecule has 0 aromatic heterocycles. The summed E-state index contributed by atoms with van der Waals surface area (Å²) in [5, 5.41) is 12.0. The molecule has 0 spiro atoms. The summed E-state index contributed by atoms with van der Waals surface area (Å²) in [6, 6.07) is 5.52. The molecule has 12 heteroatoms. The van der Waals surface area contributed by atoms with Crippen LogP contribution in [-0.4, -0.2) is 77.9 Å². The summed E-state index contributed by atoms with van der Waals surface area (Å²) < 4.78 is 0. The highest BCUT2D eigenvalue weighted by molar-refractivity contribution is 7.80. The van der Waals surface area contributed by atoms with Crippen LogP contribution in [0.5, 0.6) is 0 Å². The Labute approximate surface area is 222 Å². The minimum atomic E-state index is -0.780. The molecule has 4 amide bonds. The predicted octanol–water partition coefficient (Wildman–Crippen LogP) is 0.398. The second kappa shape index (κ2) is 14.4. The topological polar surface area (TPSA) is 158 Å². The van der Waals surface area contributed by atoms with Gasteiger partial charge < -0.3 is 26.7 Å². The van der Waals surface area contributed by atoms with Gasteiger partial charge in [-0.2, -0.15) is 17.7 Å². The number of benzene rings is 1. The number of nitrogens with two attached hydrogens (primary N) is 1. The number of unbranched alkanes of at least 4 members (excludes halogenated alkanes) is 2. The molecule has 11 nitrogen and oxygen atoms in total. The molecule has 5 N–H and O–H groups in total. The van der Waals surface area contributed by atoms with Crippen molar-refractivity contribution in [3.05, 3.63) is 35.4 Å². The lowest BCUT2D eigenvalue weighted by molar-refractivity contribution is -0.131. The number of hydrogen-bond donors (Lipinski definition) is 5. The number of fused-ring (bicyclic) bond motifs is 3. The average Bonchev–Trinajstić information content (AvgIpc) is 3.40. The average molecular weight is 530 g/mol. The normalized spacial score (nSPS) is 22.9. The molecule has 2 aliphatic rings. The van der Waals surface area contributed by atoms with Crippen LogP contribution in [0.15, 0.2) is 34.4 Å². The first-order valence-corrected chi connectivity index (χ1v) is 13.2. The highest BCUT2D eigenvalue weighted by Crippen LogP contribution is 2.21. The molecular weight excluding hydrogens is 494 g/mol. The van der Waals surface area contributed by atoms with Gasteiger partial charge >= 0.3 is 0 Å². The Kier molecular flexibility index (Phi) is 10.9. The molecule has 2 atom stereocenters. The SMILES string of the molecule is N/N=C1\C=NCC(=O)NCc2cccc(c2)C(=O)N2CCC[C@@H]2C(=O)N[C@@H](CCCCCS)C(=O)NC1. The van der Waals surface area contributed by atoms with Crippen LogP contribution in [0.25, 0.3) is 0 Å². The summed E-state index contributed by atoms with van der Waals surface area (Å²) in [5.74, 6) is 4.87. The zero-order chi connectivity index (χ0) is 26.6. The molecule has 2 bridgehead atoms. The van der Waals surface area contributed by atoms with Gasteiger partial charge in [-0.3, -0.25) is 24.2 Å². The minimum absolute atomic E-state index is 0.0106. The number of hydrazone groups is 1. The summed E-state index contributed by atoms with van der Waals surface area (Å²) in [6.45, 7) is 0.515. The van der Waals surface area contributed by atoms with E-state index in [4.69, 9.17) is 5.84 Å². The van der Waals surface area contributed by atoms with E-state index in [0.29, 0.717) is 31.4 Å². The van der Waals surface area contributed by atoms with Gasteiger partial charge in [-0.15, -0.1) is 0 Å². The molecule has 1 fully saturated rings. The molecule has 0 radical (unpaired) electrons. The second-order valence-corrected chi connectivity index (χ2v) is 9.52. The van der Waals surface area contributed by atoms with Crippen LogP contribution in [0.3, 0.4) is 0 Å². The summed E-state index contributed by atoms with van der Waals surface area (Å²) in [6.07, 6.45) is 5.49. The first-order valence-electron chi connectivity index (χ1n) is 12.5. The summed E-state index contributed by atoms with van der Waals surface area (Å²) >= 11 is 4.23. The molecule has 0 saturated carbocycles. The van der Waals surface area contributed by atoms with Gasteiger partial charge in [-0.05, 0) is 49.1 Å². The van der Waals surface area contributed by atoms with Crippen molar-refractivity contribution in [3.63, 3.8) is 0 Å². The van der Waals surface area contributed by atoms with Gasteiger partial charge in [-0.25, -0.2) is 0 Å². The van der Waals surface area contributed by atoms with Crippen molar-refractivity contribution in [2.75, 3.05) is 25.4 Å². The molecule has 200 valence electrons. The van der Waals surface area contributed by atoms with Crippen molar-refractivity contribution in [1.29, 1.82) is 0 Å². The standard InChI is InChI=1S/C25H35N7O4S/c26-31-19-14-27-16-22(33)28-13-17-6-4-7-18(12-17)25(36)32-10-5-9-21(32)24(35)30-20(23(34)29-15-19)8-2-1-3-11-37/h4,6-7,12,14,20-21,37H,1-3,5,8-11,13,15-16,26H2,(H,28,33)(H,29,34)(H,30,35)/b27-14?,31-19+/t20-,21+/m0/s1. The minimum Gasteiger partial charge on any atom is -0.350 e. The van der Waals surface area contributed by atoms with Crippen LogP contribution >= 0.6 is 12.6 Å². The molecular formula is C25H35N7O4S. The van der Waals surface area contributed by atoms with E-state index < -0.39 is 12.1 Å². The third-order valence-electron chi connectivity index (χ3n) is 6.35. The lowest BCUT2D eigenvalue weighted by atomic mass is 10.1. The van der Waals surface area contributed by atoms with E-state index in [1.54, 1.807) is 23.1 Å². The van der Waals surface area contributed by atoms with Crippen LogP contribution in [0.1, 0.15) is 54.4 Å². The van der Waals surface area contributed by atoms with E-state index in [-0.39, 0.29) is 49.0 Å². The number of amides is 4. The first-order chi connectivity index (χ1) is 17.9. The molecule has 0 unspecified atom stereocenters. The molecule has 1 saturated heterocycles. The molecule has 1 aromatic rings. The van der Waals surface area contributed by atoms with E-state index in [9.17, 15) is 19.2 Å². The monoisotopic (exact) mass is 529 g/mol. The lowest BCUT2D eigenvalue weighted by Crippen LogP contribution is -2.53. The molecule has 3 rings (SSSR count). The Hall–Kier alpha value is -3.41. The van der Waals surface area contributed by atoms with Crippen LogP contribution in [-0.2, 0) is 20.9 Å². The number of nitrogens with one attached hydrogen (secondary N) is 3. The number of thiol groups is 1. The van der Waals surface area contributed by atoms with Crippen molar-refractivity contribution in [1.82, 2.24) is 20.9 Å². The van der Waals surface area contributed by atoms with Gasteiger partial charge in [0.1, 0.15) is 18.6 Å². The van der Waals surface area contributed by atoms with Gasteiger partial charge in [0.25, 0.3) is 5.91 Å². The van der Waals surface area contributed by atoms with Crippen molar-refractivity contribution in [2.45, 2.75) is 57.2 Å². The Morgan fingerprint density at radius 1 is 1.08 bits per heavy atom. The Morgan fingerprint density at radius 2 is 1.92 bits per heavy atom. The van der Waals surface area contributed by atoms with Crippen molar-refractivity contribution < 1.29 is 19.2 Å². The van der Waals surface area contributed by atoms with Crippen molar-refractivity contribution in [3.8, 4) is 0 Å².